The van der Waals surface area contributed by atoms with E-state index in [1.165, 1.54) is 24.3 Å². The highest BCUT2D eigenvalue weighted by Gasteiger charge is 2.52. The smallest absolute Gasteiger partial charge is 0.270 e. The molecule has 8 heteroatoms. The third-order valence-corrected chi connectivity index (χ3v) is 4.56. The first kappa shape index (κ1) is 18.5. The molecule has 140 valence electrons. The second-order valence-electron chi connectivity index (χ2n) is 7.46. The van der Waals surface area contributed by atoms with Crippen molar-refractivity contribution in [1.82, 2.24) is 0 Å². The van der Waals surface area contributed by atoms with Crippen LogP contribution in [0.25, 0.3) is 0 Å². The Morgan fingerprint density at radius 1 is 1.11 bits per heavy atom. The van der Waals surface area contributed by atoms with Crippen molar-refractivity contribution in [3.05, 3.63) is 63.2 Å². The topological polar surface area (TPSA) is 130 Å². The fourth-order valence-corrected chi connectivity index (χ4v) is 3.17. The summed E-state index contributed by atoms with van der Waals surface area (Å²) in [6.07, 6.45) is 0. The molecular formula is C19H18N2O6. The first-order chi connectivity index (χ1) is 12.5. The highest BCUT2D eigenvalue weighted by molar-refractivity contribution is 6.26. The highest BCUT2D eigenvalue weighted by atomic mass is 16.6. The summed E-state index contributed by atoms with van der Waals surface area (Å²) in [6.45, 7) is 5.41. The molecule has 2 aromatic carbocycles. The molecule has 0 bridgehead atoms. The number of hydrogen-bond donors (Lipinski definition) is 3. The maximum Gasteiger partial charge on any atom is 0.270 e. The minimum absolute atomic E-state index is 0.0208. The fourth-order valence-electron chi connectivity index (χ4n) is 3.17. The number of non-ortho nitro benzene ring substituents is 1. The van der Waals surface area contributed by atoms with Crippen LogP contribution in [-0.2, 0) is 15.8 Å². The van der Waals surface area contributed by atoms with Crippen LogP contribution in [0.3, 0.4) is 0 Å². The molecule has 1 unspecified atom stereocenters. The number of carbonyl (C=O) groups excluding carboxylic acids is 2. The third kappa shape index (κ3) is 2.83. The number of nitrogens with zero attached hydrogens (tertiary/aromatic N) is 1. The molecule has 27 heavy (non-hydrogen) atoms. The van der Waals surface area contributed by atoms with Gasteiger partial charge in [-0.2, -0.15) is 0 Å². The van der Waals surface area contributed by atoms with Gasteiger partial charge in [0.05, 0.1) is 16.2 Å². The predicted octanol–water partition coefficient (Wildman–Crippen LogP) is 2.62. The predicted molar refractivity (Wildman–Crippen MR) is 96.8 cm³/mol. The second-order valence-corrected chi connectivity index (χ2v) is 7.46. The molecule has 3 rings (SSSR count). The van der Waals surface area contributed by atoms with Crippen LogP contribution in [0.4, 0.5) is 11.4 Å². The molecule has 3 N–H and O–H groups in total. The van der Waals surface area contributed by atoms with Crippen LogP contribution in [0.1, 0.15) is 42.3 Å². The van der Waals surface area contributed by atoms with Crippen molar-refractivity contribution in [3.8, 4) is 5.75 Å². The standard InChI is InChI=1S/C19H18N2O6/c1-18(2,3)14-9-11(22)5-6-13(14)19(25)16(23)12-8-10(21(26)27)4-7-15(12)20-17(19)24/h4-9,22,25H,1-3H3,(H,20,24). The Bertz CT molecular complexity index is 992. The SMILES string of the molecule is CC(C)(C)c1cc(O)ccc1C1(O)C(=O)Nc2ccc([N+](=O)[O-])cc2C1=O. The number of aliphatic hydroxyl groups is 1. The third-order valence-electron chi connectivity index (χ3n) is 4.56. The lowest BCUT2D eigenvalue weighted by atomic mass is 9.74. The van der Waals surface area contributed by atoms with E-state index in [-0.39, 0.29) is 28.3 Å². The van der Waals surface area contributed by atoms with Crippen molar-refractivity contribution in [2.75, 3.05) is 5.32 Å². The summed E-state index contributed by atoms with van der Waals surface area (Å²) in [6, 6.07) is 7.42. The Morgan fingerprint density at radius 3 is 2.37 bits per heavy atom. The maximum absolute atomic E-state index is 13.1. The van der Waals surface area contributed by atoms with Crippen LogP contribution in [0.15, 0.2) is 36.4 Å². The number of ketones is 1. The fraction of sp³-hybridized carbons (Fsp3) is 0.263. The second kappa shape index (κ2) is 5.88. The average Bonchev–Trinajstić information content (AvgIpc) is 2.58. The summed E-state index contributed by atoms with van der Waals surface area (Å²) in [5.41, 5.74) is -3.14. The molecule has 1 atom stereocenters. The average molecular weight is 370 g/mol. The normalized spacial score (nSPS) is 19.4. The number of aromatic hydroxyl groups is 1. The number of Topliss-reactive ketones (excluding diaryl/α,β-unsaturated/α-hetero) is 1. The highest BCUT2D eigenvalue weighted by Crippen LogP contribution is 2.41. The number of amides is 1. The Hall–Kier alpha value is -3.26. The number of hydrogen-bond acceptors (Lipinski definition) is 6. The van der Waals surface area contributed by atoms with E-state index < -0.39 is 27.6 Å². The summed E-state index contributed by atoms with van der Waals surface area (Å²) < 4.78 is 0. The van der Waals surface area contributed by atoms with Crippen molar-refractivity contribution in [2.45, 2.75) is 31.8 Å². The van der Waals surface area contributed by atoms with Crippen molar-refractivity contribution >= 4 is 23.1 Å². The van der Waals surface area contributed by atoms with Crippen LogP contribution < -0.4 is 5.32 Å². The van der Waals surface area contributed by atoms with E-state index in [1.54, 1.807) is 20.8 Å². The summed E-state index contributed by atoms with van der Waals surface area (Å²) in [5.74, 6) is -1.99. The monoisotopic (exact) mass is 370 g/mol. The molecule has 0 aromatic heterocycles. The first-order valence-corrected chi connectivity index (χ1v) is 8.17. The van der Waals surface area contributed by atoms with Gasteiger partial charge in [0, 0.05) is 17.7 Å². The molecule has 0 saturated carbocycles. The van der Waals surface area contributed by atoms with Crippen LogP contribution in [0.5, 0.6) is 5.75 Å². The maximum atomic E-state index is 13.1. The van der Waals surface area contributed by atoms with Gasteiger partial charge in [0.1, 0.15) is 5.75 Å². The number of nitro groups is 1. The number of phenolic OH excluding ortho intramolecular Hbond substituents is 1. The van der Waals surface area contributed by atoms with Crippen molar-refractivity contribution in [2.24, 2.45) is 0 Å². The summed E-state index contributed by atoms with van der Waals surface area (Å²) in [7, 11) is 0. The van der Waals surface area contributed by atoms with Gasteiger partial charge in [0.25, 0.3) is 11.6 Å². The van der Waals surface area contributed by atoms with Gasteiger partial charge >= 0.3 is 0 Å². The number of nitrogens with one attached hydrogen (secondary N) is 1. The van der Waals surface area contributed by atoms with Gasteiger partial charge in [0.15, 0.2) is 0 Å². The minimum Gasteiger partial charge on any atom is -0.508 e. The van der Waals surface area contributed by atoms with Crippen LogP contribution in [0, 0.1) is 10.1 Å². The molecule has 0 aliphatic carbocycles. The van der Waals surface area contributed by atoms with E-state index in [0.717, 1.165) is 12.1 Å². The zero-order chi connectivity index (χ0) is 20.1. The number of benzene rings is 2. The van der Waals surface area contributed by atoms with Gasteiger partial charge in [-0.05, 0) is 29.2 Å². The van der Waals surface area contributed by atoms with E-state index in [2.05, 4.69) is 5.32 Å². The number of anilines is 1. The molecule has 1 heterocycles. The van der Waals surface area contributed by atoms with E-state index >= 15 is 0 Å². The molecule has 0 radical (unpaired) electrons. The van der Waals surface area contributed by atoms with Crippen molar-refractivity contribution in [3.63, 3.8) is 0 Å². The number of nitro benzene ring substituents is 1. The lowest BCUT2D eigenvalue weighted by Crippen LogP contribution is -2.51. The Balaban J connectivity index is 2.25. The molecule has 1 aliphatic heterocycles. The molecule has 0 spiro atoms. The number of rotatable bonds is 2. The number of carbonyl (C=O) groups is 2. The molecular weight excluding hydrogens is 352 g/mol. The van der Waals surface area contributed by atoms with Crippen LogP contribution >= 0.6 is 0 Å². The van der Waals surface area contributed by atoms with Crippen LogP contribution in [0.2, 0.25) is 0 Å². The molecule has 8 nitrogen and oxygen atoms in total. The van der Waals surface area contributed by atoms with E-state index in [9.17, 15) is 29.9 Å². The lowest BCUT2D eigenvalue weighted by molar-refractivity contribution is -0.384. The zero-order valence-electron chi connectivity index (χ0n) is 14.9. The quantitative estimate of drug-likeness (QED) is 0.423. The largest absolute Gasteiger partial charge is 0.508 e. The molecule has 0 fully saturated rings. The van der Waals surface area contributed by atoms with Gasteiger partial charge in [-0.1, -0.05) is 26.8 Å². The minimum atomic E-state index is -2.57. The first-order valence-electron chi connectivity index (χ1n) is 8.17. The molecule has 0 saturated heterocycles. The van der Waals surface area contributed by atoms with E-state index in [0.29, 0.717) is 5.56 Å². The molecule has 2 aromatic rings. The van der Waals surface area contributed by atoms with Crippen molar-refractivity contribution in [1.29, 1.82) is 0 Å². The van der Waals surface area contributed by atoms with E-state index in [4.69, 9.17) is 0 Å². The Labute approximate surface area is 154 Å². The number of phenols is 1. The summed E-state index contributed by atoms with van der Waals surface area (Å²) in [4.78, 5) is 36.2. The molecule has 1 aliphatic rings. The summed E-state index contributed by atoms with van der Waals surface area (Å²) in [5, 5.41) is 34.5. The van der Waals surface area contributed by atoms with Gasteiger partial charge < -0.3 is 15.5 Å². The van der Waals surface area contributed by atoms with Gasteiger partial charge in [-0.3, -0.25) is 19.7 Å². The zero-order valence-corrected chi connectivity index (χ0v) is 14.9. The number of fused-ring (bicyclic) bond motifs is 1. The van der Waals surface area contributed by atoms with Crippen molar-refractivity contribution < 1.29 is 24.7 Å². The Morgan fingerprint density at radius 2 is 1.78 bits per heavy atom. The molecule has 1 amide bonds. The Kier molecular flexibility index (Phi) is 4.04. The van der Waals surface area contributed by atoms with Gasteiger partial charge in [-0.25, -0.2) is 0 Å². The summed E-state index contributed by atoms with van der Waals surface area (Å²) >= 11 is 0. The van der Waals surface area contributed by atoms with Gasteiger partial charge in [-0.15, -0.1) is 0 Å². The van der Waals surface area contributed by atoms with E-state index in [1.807, 2.05) is 0 Å². The lowest BCUT2D eigenvalue weighted by Gasteiger charge is -2.35. The van der Waals surface area contributed by atoms with Gasteiger partial charge in [0.2, 0.25) is 11.4 Å². The van der Waals surface area contributed by atoms with Crippen LogP contribution in [-0.4, -0.2) is 26.8 Å².